The van der Waals surface area contributed by atoms with Gasteiger partial charge < -0.3 is 10.6 Å². The van der Waals surface area contributed by atoms with E-state index in [4.69, 9.17) is 10.6 Å². The predicted molar refractivity (Wildman–Crippen MR) is 102 cm³/mol. The summed E-state index contributed by atoms with van der Waals surface area (Å²) in [6.45, 7) is 6.80. The lowest BCUT2D eigenvalue weighted by Gasteiger charge is -2.08. The number of benzene rings is 2. The summed E-state index contributed by atoms with van der Waals surface area (Å²) >= 11 is 1.59. The highest BCUT2D eigenvalue weighted by Gasteiger charge is 2.13. The van der Waals surface area contributed by atoms with Gasteiger partial charge in [-0.1, -0.05) is 47.7 Å². The topological polar surface area (TPSA) is 66.0 Å². The van der Waals surface area contributed by atoms with Crippen LogP contribution < -0.4 is 10.6 Å². The molecule has 0 fully saturated rings. The predicted octanol–water partition coefficient (Wildman–Crippen LogP) is 3.97. The van der Waals surface area contributed by atoms with Gasteiger partial charge in [0.1, 0.15) is 5.75 Å². The zero-order valence-corrected chi connectivity index (χ0v) is 15.5. The second-order valence-electron chi connectivity index (χ2n) is 5.86. The number of thioether (sulfide) groups is 1. The maximum Gasteiger partial charge on any atom is 0.210 e. The summed E-state index contributed by atoms with van der Waals surface area (Å²) in [4.78, 5) is 0. The van der Waals surface area contributed by atoms with Crippen LogP contribution in [-0.2, 0) is 5.75 Å². The van der Waals surface area contributed by atoms with E-state index in [1.165, 1.54) is 16.7 Å². The molecule has 1 aromatic heterocycles. The van der Waals surface area contributed by atoms with E-state index in [0.29, 0.717) is 17.6 Å². The molecule has 2 aromatic carbocycles. The molecule has 0 aliphatic rings. The molecule has 5 nitrogen and oxygen atoms in total. The number of nitrogen functional groups attached to an aromatic ring is 1. The molecule has 3 aromatic rings. The summed E-state index contributed by atoms with van der Waals surface area (Å²) in [6.07, 6.45) is 0. The molecule has 0 amide bonds. The molecule has 0 saturated carbocycles. The molecule has 0 unspecified atom stereocenters. The Kier molecular flexibility index (Phi) is 5.28. The Morgan fingerprint density at radius 3 is 2.76 bits per heavy atom. The first-order chi connectivity index (χ1) is 12.1. The quantitative estimate of drug-likeness (QED) is 0.536. The van der Waals surface area contributed by atoms with Crippen molar-refractivity contribution in [1.82, 2.24) is 14.9 Å². The SMILES string of the molecule is CCOc1cccc(-c2nnc(SCc3cc(C)ccc3C)n2N)c1. The first kappa shape index (κ1) is 17.4. The highest BCUT2D eigenvalue weighted by Crippen LogP contribution is 2.27. The van der Waals surface area contributed by atoms with Crippen molar-refractivity contribution in [1.29, 1.82) is 0 Å². The van der Waals surface area contributed by atoms with Crippen molar-refractivity contribution in [2.75, 3.05) is 12.4 Å². The number of rotatable bonds is 6. The van der Waals surface area contributed by atoms with E-state index < -0.39 is 0 Å². The van der Waals surface area contributed by atoms with Crippen LogP contribution in [0, 0.1) is 13.8 Å². The van der Waals surface area contributed by atoms with Gasteiger partial charge in [0.25, 0.3) is 0 Å². The van der Waals surface area contributed by atoms with Crippen LogP contribution in [0.2, 0.25) is 0 Å². The molecule has 130 valence electrons. The highest BCUT2D eigenvalue weighted by molar-refractivity contribution is 7.98. The Morgan fingerprint density at radius 2 is 1.96 bits per heavy atom. The largest absolute Gasteiger partial charge is 0.494 e. The lowest BCUT2D eigenvalue weighted by Crippen LogP contribution is -2.11. The second kappa shape index (κ2) is 7.61. The Hall–Kier alpha value is -2.47. The molecule has 0 saturated heterocycles. The van der Waals surface area contributed by atoms with Crippen molar-refractivity contribution >= 4 is 11.8 Å². The van der Waals surface area contributed by atoms with Crippen LogP contribution in [0.1, 0.15) is 23.6 Å². The average molecular weight is 354 g/mol. The maximum absolute atomic E-state index is 6.22. The van der Waals surface area contributed by atoms with E-state index in [1.54, 1.807) is 16.4 Å². The minimum absolute atomic E-state index is 0.621. The van der Waals surface area contributed by atoms with E-state index in [9.17, 15) is 0 Å². The van der Waals surface area contributed by atoms with Crippen molar-refractivity contribution in [3.63, 3.8) is 0 Å². The van der Waals surface area contributed by atoms with E-state index >= 15 is 0 Å². The van der Waals surface area contributed by atoms with Gasteiger partial charge in [-0.3, -0.25) is 0 Å². The zero-order chi connectivity index (χ0) is 17.8. The third-order valence-electron chi connectivity index (χ3n) is 3.93. The zero-order valence-electron chi connectivity index (χ0n) is 14.7. The maximum atomic E-state index is 6.22. The van der Waals surface area contributed by atoms with Gasteiger partial charge in [-0.15, -0.1) is 10.2 Å². The summed E-state index contributed by atoms with van der Waals surface area (Å²) < 4.78 is 7.08. The van der Waals surface area contributed by atoms with Crippen LogP contribution in [0.25, 0.3) is 11.4 Å². The lowest BCUT2D eigenvalue weighted by atomic mass is 10.1. The van der Waals surface area contributed by atoms with Gasteiger partial charge in [0.2, 0.25) is 5.16 Å². The summed E-state index contributed by atoms with van der Waals surface area (Å²) in [5.74, 6) is 8.46. The van der Waals surface area contributed by atoms with Crippen molar-refractivity contribution in [2.45, 2.75) is 31.7 Å². The van der Waals surface area contributed by atoms with E-state index in [0.717, 1.165) is 17.1 Å². The summed E-state index contributed by atoms with van der Waals surface area (Å²) in [5.41, 5.74) is 4.70. The molecule has 3 rings (SSSR count). The molecule has 6 heteroatoms. The first-order valence-corrected chi connectivity index (χ1v) is 9.19. The Bertz CT molecular complexity index is 876. The minimum atomic E-state index is 0.621. The summed E-state index contributed by atoms with van der Waals surface area (Å²) in [7, 11) is 0. The van der Waals surface area contributed by atoms with E-state index in [2.05, 4.69) is 42.2 Å². The standard InChI is InChI=1S/C19H22N4OS/c1-4-24-17-7-5-6-15(11-17)18-21-22-19(23(18)20)25-12-16-10-13(2)8-9-14(16)3/h5-11H,4,12,20H2,1-3H3. The molecular weight excluding hydrogens is 332 g/mol. The van der Waals surface area contributed by atoms with E-state index in [1.807, 2.05) is 31.2 Å². The van der Waals surface area contributed by atoms with Crippen molar-refractivity contribution < 1.29 is 4.74 Å². The molecule has 0 bridgehead atoms. The molecule has 2 N–H and O–H groups in total. The monoisotopic (exact) mass is 354 g/mol. The molecular formula is C19H22N4OS. The third kappa shape index (κ3) is 3.96. The van der Waals surface area contributed by atoms with Crippen LogP contribution in [0.15, 0.2) is 47.6 Å². The normalized spacial score (nSPS) is 10.8. The molecule has 25 heavy (non-hydrogen) atoms. The average Bonchev–Trinajstić information content (AvgIpc) is 2.97. The molecule has 0 aliphatic heterocycles. The third-order valence-corrected chi connectivity index (χ3v) is 4.92. The Labute approximate surface area is 152 Å². The fourth-order valence-corrected chi connectivity index (χ4v) is 3.48. The molecule has 0 radical (unpaired) electrons. The first-order valence-electron chi connectivity index (χ1n) is 8.21. The highest BCUT2D eigenvalue weighted by atomic mass is 32.2. The van der Waals surface area contributed by atoms with Crippen LogP contribution in [0.4, 0.5) is 0 Å². The number of ether oxygens (including phenoxy) is 1. The van der Waals surface area contributed by atoms with Crippen LogP contribution in [-0.4, -0.2) is 21.5 Å². The van der Waals surface area contributed by atoms with Gasteiger partial charge in [-0.2, -0.15) is 0 Å². The minimum Gasteiger partial charge on any atom is -0.494 e. The molecule has 0 atom stereocenters. The second-order valence-corrected chi connectivity index (χ2v) is 6.80. The van der Waals surface area contributed by atoms with Gasteiger partial charge in [0, 0.05) is 11.3 Å². The molecule has 0 aliphatic carbocycles. The summed E-state index contributed by atoms with van der Waals surface area (Å²) in [6, 6.07) is 14.2. The number of hydrogen-bond donors (Lipinski definition) is 1. The fourth-order valence-electron chi connectivity index (χ4n) is 2.56. The van der Waals surface area contributed by atoms with Gasteiger partial charge in [0.05, 0.1) is 6.61 Å². The fraction of sp³-hybridized carbons (Fsp3) is 0.263. The van der Waals surface area contributed by atoms with Gasteiger partial charge in [-0.25, -0.2) is 4.68 Å². The van der Waals surface area contributed by atoms with Gasteiger partial charge >= 0.3 is 0 Å². The van der Waals surface area contributed by atoms with Gasteiger partial charge in [0.15, 0.2) is 5.82 Å². The molecule has 0 spiro atoms. The Morgan fingerprint density at radius 1 is 1.12 bits per heavy atom. The number of aromatic nitrogens is 3. The smallest absolute Gasteiger partial charge is 0.210 e. The summed E-state index contributed by atoms with van der Waals surface area (Å²) in [5, 5.41) is 9.19. The van der Waals surface area contributed by atoms with Crippen molar-refractivity contribution in [3.8, 4) is 17.1 Å². The van der Waals surface area contributed by atoms with E-state index in [-0.39, 0.29) is 0 Å². The van der Waals surface area contributed by atoms with Crippen LogP contribution in [0.3, 0.4) is 0 Å². The van der Waals surface area contributed by atoms with Crippen LogP contribution in [0.5, 0.6) is 5.75 Å². The number of nitrogens with two attached hydrogens (primary N) is 1. The number of nitrogens with zero attached hydrogens (tertiary/aromatic N) is 3. The van der Waals surface area contributed by atoms with Crippen LogP contribution >= 0.6 is 11.8 Å². The van der Waals surface area contributed by atoms with Gasteiger partial charge in [-0.05, 0) is 44.0 Å². The Balaban J connectivity index is 1.79. The number of aryl methyl sites for hydroxylation is 2. The lowest BCUT2D eigenvalue weighted by molar-refractivity contribution is 0.340. The number of hydrogen-bond acceptors (Lipinski definition) is 5. The molecule has 1 heterocycles. The van der Waals surface area contributed by atoms with Crippen molar-refractivity contribution in [2.24, 2.45) is 0 Å². The van der Waals surface area contributed by atoms with Crippen molar-refractivity contribution in [3.05, 3.63) is 59.2 Å².